The molecule has 0 aromatic heterocycles. The van der Waals surface area contributed by atoms with E-state index in [4.69, 9.17) is 5.73 Å². The number of nitrogens with zero attached hydrogens (tertiary/aromatic N) is 1. The molecule has 2 N–H and O–H groups in total. The fourth-order valence-corrected chi connectivity index (χ4v) is 3.89. The first-order valence-electron chi connectivity index (χ1n) is 7.54. The lowest BCUT2D eigenvalue weighted by atomic mass is 9.85. The molecule has 1 heterocycles. The predicted octanol–water partition coefficient (Wildman–Crippen LogP) is 3.10. The SMILES string of the molecule is NCCc1cc(F)ccc1N1CCC2CCCCC21. The Morgan fingerprint density at radius 1 is 1.21 bits per heavy atom. The van der Waals surface area contributed by atoms with Crippen LogP contribution in [0.4, 0.5) is 10.1 Å². The van der Waals surface area contributed by atoms with E-state index in [2.05, 4.69) is 4.90 Å². The van der Waals surface area contributed by atoms with E-state index in [-0.39, 0.29) is 5.82 Å². The maximum atomic E-state index is 13.4. The number of halogens is 1. The fourth-order valence-electron chi connectivity index (χ4n) is 3.89. The van der Waals surface area contributed by atoms with Gasteiger partial charge in [-0.3, -0.25) is 0 Å². The quantitative estimate of drug-likeness (QED) is 0.907. The highest BCUT2D eigenvalue weighted by Crippen LogP contribution is 2.40. The van der Waals surface area contributed by atoms with Gasteiger partial charge in [-0.05, 0) is 61.9 Å². The average molecular weight is 262 g/mol. The zero-order valence-corrected chi connectivity index (χ0v) is 11.4. The van der Waals surface area contributed by atoms with Gasteiger partial charge in [0.15, 0.2) is 0 Å². The van der Waals surface area contributed by atoms with Crippen molar-refractivity contribution in [3.8, 4) is 0 Å². The smallest absolute Gasteiger partial charge is 0.123 e. The molecule has 2 nitrogen and oxygen atoms in total. The van der Waals surface area contributed by atoms with Crippen molar-refractivity contribution in [2.24, 2.45) is 11.7 Å². The highest BCUT2D eigenvalue weighted by atomic mass is 19.1. The molecule has 0 spiro atoms. The van der Waals surface area contributed by atoms with Gasteiger partial charge >= 0.3 is 0 Å². The molecular formula is C16H23FN2. The molecule has 3 heteroatoms. The van der Waals surface area contributed by atoms with Gasteiger partial charge < -0.3 is 10.6 Å². The van der Waals surface area contributed by atoms with Crippen LogP contribution in [0.2, 0.25) is 0 Å². The fraction of sp³-hybridized carbons (Fsp3) is 0.625. The van der Waals surface area contributed by atoms with Crippen molar-refractivity contribution in [2.75, 3.05) is 18.0 Å². The molecule has 2 fully saturated rings. The number of hydrogen-bond donors (Lipinski definition) is 1. The van der Waals surface area contributed by atoms with Crippen LogP contribution in [0.3, 0.4) is 0 Å². The van der Waals surface area contributed by atoms with E-state index in [0.29, 0.717) is 12.6 Å². The van der Waals surface area contributed by atoms with Gasteiger partial charge in [-0.1, -0.05) is 12.8 Å². The highest BCUT2D eigenvalue weighted by Gasteiger charge is 2.36. The van der Waals surface area contributed by atoms with E-state index in [9.17, 15) is 4.39 Å². The normalized spacial score (nSPS) is 26.5. The number of fused-ring (bicyclic) bond motifs is 1. The number of rotatable bonds is 3. The summed E-state index contributed by atoms with van der Waals surface area (Å²) >= 11 is 0. The van der Waals surface area contributed by atoms with E-state index in [1.807, 2.05) is 6.07 Å². The average Bonchev–Trinajstić information content (AvgIpc) is 2.83. The Morgan fingerprint density at radius 2 is 2.05 bits per heavy atom. The van der Waals surface area contributed by atoms with Crippen LogP contribution in [-0.2, 0) is 6.42 Å². The second-order valence-electron chi connectivity index (χ2n) is 5.91. The van der Waals surface area contributed by atoms with Crippen LogP contribution in [0.25, 0.3) is 0 Å². The van der Waals surface area contributed by atoms with E-state index in [1.165, 1.54) is 37.8 Å². The Hall–Kier alpha value is -1.09. The summed E-state index contributed by atoms with van der Waals surface area (Å²) in [5.41, 5.74) is 7.97. The summed E-state index contributed by atoms with van der Waals surface area (Å²) in [6.45, 7) is 1.71. The molecule has 1 aromatic rings. The van der Waals surface area contributed by atoms with E-state index in [0.717, 1.165) is 24.4 Å². The van der Waals surface area contributed by atoms with Gasteiger partial charge in [-0.2, -0.15) is 0 Å². The van der Waals surface area contributed by atoms with Gasteiger partial charge in [0.2, 0.25) is 0 Å². The monoisotopic (exact) mass is 262 g/mol. The minimum absolute atomic E-state index is 0.147. The molecule has 0 radical (unpaired) electrons. The van der Waals surface area contributed by atoms with Crippen LogP contribution in [0.5, 0.6) is 0 Å². The Morgan fingerprint density at radius 3 is 2.89 bits per heavy atom. The first kappa shape index (κ1) is 12.9. The van der Waals surface area contributed by atoms with Gasteiger partial charge in [-0.15, -0.1) is 0 Å². The van der Waals surface area contributed by atoms with Gasteiger partial charge in [0.1, 0.15) is 5.82 Å². The van der Waals surface area contributed by atoms with Crippen LogP contribution >= 0.6 is 0 Å². The second kappa shape index (κ2) is 5.49. The van der Waals surface area contributed by atoms with E-state index < -0.39 is 0 Å². The van der Waals surface area contributed by atoms with E-state index >= 15 is 0 Å². The molecule has 2 atom stereocenters. The van der Waals surface area contributed by atoms with Crippen molar-refractivity contribution in [2.45, 2.75) is 44.6 Å². The topological polar surface area (TPSA) is 29.3 Å². The Bertz CT molecular complexity index is 446. The minimum atomic E-state index is -0.147. The molecule has 1 aliphatic heterocycles. The first-order chi connectivity index (χ1) is 9.29. The summed E-state index contributed by atoms with van der Waals surface area (Å²) < 4.78 is 13.4. The largest absolute Gasteiger partial charge is 0.368 e. The lowest BCUT2D eigenvalue weighted by Gasteiger charge is -2.34. The molecule has 1 saturated carbocycles. The van der Waals surface area contributed by atoms with Crippen molar-refractivity contribution in [1.29, 1.82) is 0 Å². The highest BCUT2D eigenvalue weighted by molar-refractivity contribution is 5.56. The molecule has 0 amide bonds. The third-order valence-electron chi connectivity index (χ3n) is 4.77. The maximum absolute atomic E-state index is 13.4. The summed E-state index contributed by atoms with van der Waals surface area (Å²) in [6, 6.07) is 5.89. The van der Waals surface area contributed by atoms with Crippen molar-refractivity contribution < 1.29 is 4.39 Å². The van der Waals surface area contributed by atoms with Crippen molar-refractivity contribution in [1.82, 2.24) is 0 Å². The van der Waals surface area contributed by atoms with Crippen molar-refractivity contribution in [3.05, 3.63) is 29.6 Å². The van der Waals surface area contributed by atoms with Crippen LogP contribution in [-0.4, -0.2) is 19.1 Å². The Balaban J connectivity index is 1.89. The number of hydrogen-bond acceptors (Lipinski definition) is 2. The van der Waals surface area contributed by atoms with Crippen LogP contribution in [0.1, 0.15) is 37.7 Å². The van der Waals surface area contributed by atoms with Crippen molar-refractivity contribution >= 4 is 5.69 Å². The Kier molecular flexibility index (Phi) is 3.74. The number of nitrogens with two attached hydrogens (primary N) is 1. The molecule has 2 unspecified atom stereocenters. The molecule has 1 aromatic carbocycles. The van der Waals surface area contributed by atoms with Crippen LogP contribution in [0, 0.1) is 11.7 Å². The summed E-state index contributed by atoms with van der Waals surface area (Å²) in [7, 11) is 0. The first-order valence-corrected chi connectivity index (χ1v) is 7.54. The molecular weight excluding hydrogens is 239 g/mol. The summed E-state index contributed by atoms with van der Waals surface area (Å²) in [5, 5.41) is 0. The lowest BCUT2D eigenvalue weighted by Crippen LogP contribution is -2.35. The van der Waals surface area contributed by atoms with Crippen LogP contribution in [0.15, 0.2) is 18.2 Å². The Labute approximate surface area is 114 Å². The standard InChI is InChI=1S/C16H23FN2/c17-14-5-6-16(13(11-14)7-9-18)19-10-8-12-3-1-2-4-15(12)19/h5-6,11-12,15H,1-4,7-10,18H2. The van der Waals surface area contributed by atoms with E-state index in [1.54, 1.807) is 12.1 Å². The maximum Gasteiger partial charge on any atom is 0.123 e. The third-order valence-corrected chi connectivity index (χ3v) is 4.77. The molecule has 1 saturated heterocycles. The second-order valence-corrected chi connectivity index (χ2v) is 5.91. The predicted molar refractivity (Wildman–Crippen MR) is 76.9 cm³/mol. The molecule has 104 valence electrons. The van der Waals surface area contributed by atoms with Gasteiger partial charge in [0.25, 0.3) is 0 Å². The zero-order chi connectivity index (χ0) is 13.2. The third kappa shape index (κ3) is 2.48. The summed E-state index contributed by atoms with van der Waals surface area (Å²) in [4.78, 5) is 2.52. The molecule has 2 aliphatic rings. The molecule has 1 aliphatic carbocycles. The minimum Gasteiger partial charge on any atom is -0.368 e. The number of benzene rings is 1. The van der Waals surface area contributed by atoms with Crippen molar-refractivity contribution in [3.63, 3.8) is 0 Å². The summed E-state index contributed by atoms with van der Waals surface area (Å²) in [6.07, 6.45) is 7.45. The zero-order valence-electron chi connectivity index (χ0n) is 11.4. The van der Waals surface area contributed by atoms with Crippen LogP contribution < -0.4 is 10.6 Å². The van der Waals surface area contributed by atoms with Gasteiger partial charge in [0.05, 0.1) is 0 Å². The van der Waals surface area contributed by atoms with Gasteiger partial charge in [-0.25, -0.2) is 4.39 Å². The number of anilines is 1. The molecule has 19 heavy (non-hydrogen) atoms. The summed E-state index contributed by atoms with van der Waals surface area (Å²) in [5.74, 6) is 0.705. The van der Waals surface area contributed by atoms with Gasteiger partial charge in [0, 0.05) is 18.3 Å². The molecule has 0 bridgehead atoms. The molecule has 3 rings (SSSR count). The lowest BCUT2D eigenvalue weighted by molar-refractivity contribution is 0.342.